The average molecular weight is 174 g/mol. The standard InChI is InChI=1S/C6H10N2O2S/c1-7-4-6-2-3-8(5-6)11(9)10/h2-3,5,7H,4H2,1H3,(H,9,10). The van der Waals surface area contributed by atoms with E-state index >= 15 is 0 Å². The van der Waals surface area contributed by atoms with E-state index in [-0.39, 0.29) is 0 Å². The van der Waals surface area contributed by atoms with Gasteiger partial charge in [0.15, 0.2) is 0 Å². The normalized spacial score (nSPS) is 13.3. The second kappa shape index (κ2) is 3.66. The summed E-state index contributed by atoms with van der Waals surface area (Å²) in [5.74, 6) is 0. The van der Waals surface area contributed by atoms with Crippen molar-refractivity contribution in [2.75, 3.05) is 7.05 Å². The number of rotatable bonds is 3. The molecule has 1 atom stereocenters. The quantitative estimate of drug-likeness (QED) is 0.643. The van der Waals surface area contributed by atoms with Crippen molar-refractivity contribution in [3.63, 3.8) is 0 Å². The molecule has 0 saturated carbocycles. The van der Waals surface area contributed by atoms with Crippen molar-refractivity contribution < 1.29 is 8.76 Å². The molecule has 1 rings (SSSR count). The summed E-state index contributed by atoms with van der Waals surface area (Å²) in [6.45, 7) is 0.712. The summed E-state index contributed by atoms with van der Waals surface area (Å²) in [5.41, 5.74) is 0.995. The summed E-state index contributed by atoms with van der Waals surface area (Å²) in [7, 11) is 1.83. The largest absolute Gasteiger partial charge is 0.316 e. The highest BCUT2D eigenvalue weighted by molar-refractivity contribution is 7.77. The van der Waals surface area contributed by atoms with Crippen molar-refractivity contribution >= 4 is 11.3 Å². The molecule has 0 radical (unpaired) electrons. The van der Waals surface area contributed by atoms with Crippen LogP contribution < -0.4 is 5.32 Å². The second-order valence-electron chi connectivity index (χ2n) is 2.14. The van der Waals surface area contributed by atoms with Gasteiger partial charge in [0.2, 0.25) is 0 Å². The number of hydrogen-bond donors (Lipinski definition) is 2. The number of nitrogens with zero attached hydrogens (tertiary/aromatic N) is 1. The fourth-order valence-corrected chi connectivity index (χ4v) is 1.22. The highest BCUT2D eigenvalue weighted by Crippen LogP contribution is 2.00. The maximum Gasteiger partial charge on any atom is 0.265 e. The maximum atomic E-state index is 10.5. The van der Waals surface area contributed by atoms with Crippen LogP contribution in [0.2, 0.25) is 0 Å². The van der Waals surface area contributed by atoms with Gasteiger partial charge in [-0.25, -0.2) is 4.21 Å². The first kappa shape index (κ1) is 8.45. The summed E-state index contributed by atoms with van der Waals surface area (Å²) < 4.78 is 20.3. The van der Waals surface area contributed by atoms with Crippen LogP contribution in [0.3, 0.4) is 0 Å². The van der Waals surface area contributed by atoms with E-state index in [0.29, 0.717) is 6.54 Å². The van der Waals surface area contributed by atoms with Crippen LogP contribution in [0, 0.1) is 0 Å². The van der Waals surface area contributed by atoms with Crippen LogP contribution in [0.15, 0.2) is 18.5 Å². The average Bonchev–Trinajstić information content (AvgIpc) is 2.37. The van der Waals surface area contributed by atoms with Gasteiger partial charge in [0, 0.05) is 18.9 Å². The maximum absolute atomic E-state index is 10.5. The van der Waals surface area contributed by atoms with Gasteiger partial charge in [0.05, 0.1) is 0 Å². The molecule has 0 fully saturated rings. The predicted molar refractivity (Wildman–Crippen MR) is 43.4 cm³/mol. The van der Waals surface area contributed by atoms with E-state index in [2.05, 4.69) is 5.32 Å². The Morgan fingerprint density at radius 2 is 2.55 bits per heavy atom. The van der Waals surface area contributed by atoms with Crippen LogP contribution in [0.25, 0.3) is 0 Å². The van der Waals surface area contributed by atoms with Crippen molar-refractivity contribution in [1.29, 1.82) is 0 Å². The van der Waals surface area contributed by atoms with Gasteiger partial charge >= 0.3 is 0 Å². The zero-order valence-electron chi connectivity index (χ0n) is 6.15. The SMILES string of the molecule is CNCc1ccn(S(=O)O)c1. The number of hydrogen-bond acceptors (Lipinski definition) is 2. The second-order valence-corrected chi connectivity index (χ2v) is 3.02. The Bertz CT molecular complexity index is 259. The van der Waals surface area contributed by atoms with E-state index in [1.54, 1.807) is 18.5 Å². The first-order chi connectivity index (χ1) is 5.24. The van der Waals surface area contributed by atoms with Gasteiger partial charge in [-0.3, -0.25) is 8.53 Å². The van der Waals surface area contributed by atoms with Gasteiger partial charge in [0.1, 0.15) is 0 Å². The third-order valence-corrected chi connectivity index (χ3v) is 1.88. The molecule has 0 spiro atoms. The molecule has 0 saturated heterocycles. The lowest BCUT2D eigenvalue weighted by Gasteiger charge is -1.93. The molecule has 1 aromatic rings. The lowest BCUT2D eigenvalue weighted by atomic mass is 10.3. The summed E-state index contributed by atoms with van der Waals surface area (Å²) in [5, 5.41) is 2.94. The highest BCUT2D eigenvalue weighted by atomic mass is 32.2. The Morgan fingerprint density at radius 1 is 1.82 bits per heavy atom. The molecule has 4 nitrogen and oxygen atoms in total. The molecule has 0 aliphatic carbocycles. The van der Waals surface area contributed by atoms with Gasteiger partial charge in [0.25, 0.3) is 11.3 Å². The van der Waals surface area contributed by atoms with Gasteiger partial charge in [-0.05, 0) is 18.7 Å². The summed E-state index contributed by atoms with van der Waals surface area (Å²) in [6.07, 6.45) is 3.20. The summed E-state index contributed by atoms with van der Waals surface area (Å²) in [4.78, 5) is 0. The predicted octanol–water partition coefficient (Wildman–Crippen LogP) is 0.192. The van der Waals surface area contributed by atoms with Crippen molar-refractivity contribution in [3.8, 4) is 0 Å². The molecule has 11 heavy (non-hydrogen) atoms. The van der Waals surface area contributed by atoms with Crippen molar-refractivity contribution in [1.82, 2.24) is 9.29 Å². The smallest absolute Gasteiger partial charge is 0.265 e. The molecule has 5 heteroatoms. The lowest BCUT2D eigenvalue weighted by Crippen LogP contribution is -2.04. The van der Waals surface area contributed by atoms with Crippen LogP contribution in [0.1, 0.15) is 5.56 Å². The Balaban J connectivity index is 2.73. The van der Waals surface area contributed by atoms with E-state index in [9.17, 15) is 4.21 Å². The lowest BCUT2D eigenvalue weighted by molar-refractivity contribution is 0.555. The number of nitrogens with one attached hydrogen (secondary N) is 1. The minimum absolute atomic E-state index is 0.712. The molecule has 2 N–H and O–H groups in total. The van der Waals surface area contributed by atoms with Gasteiger partial charge in [-0.2, -0.15) is 0 Å². The van der Waals surface area contributed by atoms with Crippen molar-refractivity contribution in [2.24, 2.45) is 0 Å². The first-order valence-electron chi connectivity index (χ1n) is 3.17. The third kappa shape index (κ3) is 2.14. The number of aromatic nitrogens is 1. The van der Waals surface area contributed by atoms with E-state index < -0.39 is 11.3 Å². The van der Waals surface area contributed by atoms with Crippen molar-refractivity contribution in [3.05, 3.63) is 24.0 Å². The molecule has 0 aromatic carbocycles. The zero-order valence-corrected chi connectivity index (χ0v) is 6.97. The van der Waals surface area contributed by atoms with Crippen LogP contribution in [0.4, 0.5) is 0 Å². The molecule has 1 aromatic heterocycles. The molecule has 1 heterocycles. The Kier molecular flexibility index (Phi) is 2.81. The minimum atomic E-state index is -1.92. The molecule has 0 aliphatic rings. The van der Waals surface area contributed by atoms with Gasteiger partial charge in [-0.1, -0.05) is 0 Å². The Morgan fingerprint density at radius 3 is 3.00 bits per heavy atom. The van der Waals surface area contributed by atoms with Gasteiger partial charge < -0.3 is 5.32 Å². The third-order valence-electron chi connectivity index (χ3n) is 1.29. The fourth-order valence-electron chi connectivity index (χ4n) is 0.825. The van der Waals surface area contributed by atoms with E-state index in [4.69, 9.17) is 4.55 Å². The molecular weight excluding hydrogens is 164 g/mol. The Hall–Kier alpha value is -0.650. The van der Waals surface area contributed by atoms with Crippen LogP contribution in [-0.4, -0.2) is 19.8 Å². The fraction of sp³-hybridized carbons (Fsp3) is 0.333. The van der Waals surface area contributed by atoms with Crippen LogP contribution in [0.5, 0.6) is 0 Å². The summed E-state index contributed by atoms with van der Waals surface area (Å²) in [6, 6.07) is 1.80. The van der Waals surface area contributed by atoms with Crippen molar-refractivity contribution in [2.45, 2.75) is 6.54 Å². The molecule has 0 aliphatic heterocycles. The van der Waals surface area contributed by atoms with E-state index in [0.717, 1.165) is 5.56 Å². The molecule has 0 bridgehead atoms. The highest BCUT2D eigenvalue weighted by Gasteiger charge is 1.98. The monoisotopic (exact) mass is 174 g/mol. The van der Waals surface area contributed by atoms with Crippen LogP contribution in [-0.2, 0) is 17.8 Å². The van der Waals surface area contributed by atoms with Crippen LogP contribution >= 0.6 is 0 Å². The molecule has 62 valence electrons. The van der Waals surface area contributed by atoms with E-state index in [1.165, 1.54) is 3.97 Å². The molecule has 0 amide bonds. The van der Waals surface area contributed by atoms with E-state index in [1.807, 2.05) is 7.05 Å². The van der Waals surface area contributed by atoms with Gasteiger partial charge in [-0.15, -0.1) is 0 Å². The molecular formula is C6H10N2O2S. The minimum Gasteiger partial charge on any atom is -0.316 e. The topological polar surface area (TPSA) is 54.3 Å². The first-order valence-corrected chi connectivity index (χ1v) is 4.23. The zero-order chi connectivity index (χ0) is 8.27. The summed E-state index contributed by atoms with van der Waals surface area (Å²) >= 11 is -1.92. The molecule has 1 unspecified atom stereocenters. The Labute approximate surface area is 67.6 Å².